The van der Waals surface area contributed by atoms with E-state index in [-0.39, 0.29) is 6.04 Å². The summed E-state index contributed by atoms with van der Waals surface area (Å²) in [7, 11) is 0. The minimum absolute atomic E-state index is 0.257. The number of nitrogens with one attached hydrogen (secondary N) is 2. The summed E-state index contributed by atoms with van der Waals surface area (Å²) in [5, 5.41) is 12.1. The highest BCUT2D eigenvalue weighted by Crippen LogP contribution is 2.27. The zero-order chi connectivity index (χ0) is 14.2. The molecule has 1 unspecified atom stereocenters. The first-order chi connectivity index (χ1) is 10.3. The van der Waals surface area contributed by atoms with E-state index in [1.54, 1.807) is 0 Å². The molecular weight excluding hydrogens is 262 g/mol. The summed E-state index contributed by atoms with van der Waals surface area (Å²) in [4.78, 5) is 3.33. The zero-order valence-electron chi connectivity index (χ0n) is 11.9. The molecule has 3 heterocycles. The highest BCUT2D eigenvalue weighted by Gasteiger charge is 2.22. The van der Waals surface area contributed by atoms with Crippen LogP contribution in [0.5, 0.6) is 0 Å². The Bertz CT molecular complexity index is 756. The van der Waals surface area contributed by atoms with Gasteiger partial charge in [0.2, 0.25) is 0 Å². The Balaban J connectivity index is 1.74. The van der Waals surface area contributed by atoms with Gasteiger partial charge in [0, 0.05) is 30.5 Å². The van der Waals surface area contributed by atoms with Crippen LogP contribution in [0.2, 0.25) is 0 Å². The van der Waals surface area contributed by atoms with Gasteiger partial charge in [-0.05, 0) is 18.6 Å². The predicted octanol–water partition coefficient (Wildman–Crippen LogP) is 2.60. The van der Waals surface area contributed by atoms with Gasteiger partial charge in [-0.3, -0.25) is 0 Å². The van der Waals surface area contributed by atoms with Crippen LogP contribution in [-0.2, 0) is 6.54 Å². The van der Waals surface area contributed by atoms with Gasteiger partial charge in [0.15, 0.2) is 5.82 Å². The second-order valence-corrected chi connectivity index (χ2v) is 5.38. The van der Waals surface area contributed by atoms with Crippen molar-refractivity contribution in [2.75, 3.05) is 6.54 Å². The lowest BCUT2D eigenvalue weighted by Crippen LogP contribution is -2.32. The summed E-state index contributed by atoms with van der Waals surface area (Å²) in [6, 6.07) is 12.7. The normalized spacial score (nSPS) is 17.7. The first kappa shape index (κ1) is 12.3. The van der Waals surface area contributed by atoms with E-state index >= 15 is 0 Å². The van der Waals surface area contributed by atoms with E-state index in [1.165, 1.54) is 5.56 Å². The predicted molar refractivity (Wildman–Crippen MR) is 81.7 cm³/mol. The van der Waals surface area contributed by atoms with E-state index in [1.807, 2.05) is 24.4 Å². The van der Waals surface area contributed by atoms with Crippen LogP contribution in [0, 0.1) is 0 Å². The van der Waals surface area contributed by atoms with Gasteiger partial charge in [0.05, 0.1) is 6.04 Å². The van der Waals surface area contributed by atoms with Crippen molar-refractivity contribution in [2.45, 2.75) is 19.5 Å². The second-order valence-electron chi connectivity index (χ2n) is 5.38. The van der Waals surface area contributed by atoms with Crippen molar-refractivity contribution in [3.63, 3.8) is 0 Å². The van der Waals surface area contributed by atoms with Gasteiger partial charge >= 0.3 is 0 Å². The van der Waals surface area contributed by atoms with Crippen LogP contribution in [-0.4, -0.2) is 26.3 Å². The molecule has 0 fully saturated rings. The second kappa shape index (κ2) is 4.86. The molecule has 0 bridgehead atoms. The number of rotatable bonds is 2. The zero-order valence-corrected chi connectivity index (χ0v) is 11.9. The molecule has 1 aliphatic rings. The van der Waals surface area contributed by atoms with E-state index in [9.17, 15) is 0 Å². The van der Waals surface area contributed by atoms with Crippen molar-refractivity contribution >= 4 is 0 Å². The third-order valence-electron chi connectivity index (χ3n) is 3.98. The molecule has 0 saturated carbocycles. The Labute approximate surface area is 123 Å². The lowest BCUT2D eigenvalue weighted by Gasteiger charge is -2.21. The van der Waals surface area contributed by atoms with Crippen LogP contribution in [0.1, 0.15) is 18.8 Å². The number of fused-ring (bicyclic) bond motifs is 1. The molecule has 0 radical (unpaired) electrons. The minimum atomic E-state index is 0.257. The van der Waals surface area contributed by atoms with Gasteiger partial charge in [-0.1, -0.05) is 30.3 Å². The standard InChI is InChI=1S/C16H17N5/c1-11-15-19-20-16(21(15)8-7-17-11)13-9-14(18-10-13)12-5-3-2-4-6-12/h2-6,9-11,17-18H,7-8H2,1H3. The van der Waals surface area contributed by atoms with Gasteiger partial charge in [0.25, 0.3) is 0 Å². The van der Waals surface area contributed by atoms with Crippen LogP contribution in [0.4, 0.5) is 0 Å². The quantitative estimate of drug-likeness (QED) is 0.758. The van der Waals surface area contributed by atoms with Crippen LogP contribution in [0.3, 0.4) is 0 Å². The van der Waals surface area contributed by atoms with E-state index in [4.69, 9.17) is 0 Å². The smallest absolute Gasteiger partial charge is 0.165 e. The molecule has 21 heavy (non-hydrogen) atoms. The molecule has 106 valence electrons. The Hall–Kier alpha value is -2.40. The van der Waals surface area contributed by atoms with E-state index < -0.39 is 0 Å². The average Bonchev–Trinajstić information content (AvgIpc) is 3.15. The molecular formula is C16H17N5. The number of aromatic amines is 1. The lowest BCUT2D eigenvalue weighted by atomic mass is 10.1. The highest BCUT2D eigenvalue weighted by molar-refractivity contribution is 5.68. The number of hydrogen-bond acceptors (Lipinski definition) is 3. The molecule has 0 amide bonds. The van der Waals surface area contributed by atoms with Crippen molar-refractivity contribution in [1.82, 2.24) is 25.1 Å². The number of nitrogens with zero attached hydrogens (tertiary/aromatic N) is 3. The third-order valence-corrected chi connectivity index (χ3v) is 3.98. The Kier molecular flexibility index (Phi) is 2.86. The largest absolute Gasteiger partial charge is 0.360 e. The molecule has 2 N–H and O–H groups in total. The van der Waals surface area contributed by atoms with Crippen LogP contribution >= 0.6 is 0 Å². The fraction of sp³-hybridized carbons (Fsp3) is 0.250. The highest BCUT2D eigenvalue weighted by atomic mass is 15.3. The minimum Gasteiger partial charge on any atom is -0.360 e. The summed E-state index contributed by atoms with van der Waals surface area (Å²) < 4.78 is 2.21. The maximum atomic E-state index is 4.38. The van der Waals surface area contributed by atoms with E-state index in [2.05, 4.69) is 50.2 Å². The fourth-order valence-corrected chi connectivity index (χ4v) is 2.86. The van der Waals surface area contributed by atoms with Gasteiger partial charge in [-0.25, -0.2) is 0 Å². The molecule has 1 atom stereocenters. The maximum absolute atomic E-state index is 4.38. The van der Waals surface area contributed by atoms with E-state index in [0.29, 0.717) is 0 Å². The fourth-order valence-electron chi connectivity index (χ4n) is 2.86. The van der Waals surface area contributed by atoms with Crippen LogP contribution in [0.15, 0.2) is 42.6 Å². The Morgan fingerprint density at radius 2 is 2.00 bits per heavy atom. The molecule has 0 spiro atoms. The average molecular weight is 279 g/mol. The van der Waals surface area contributed by atoms with Crippen molar-refractivity contribution in [1.29, 1.82) is 0 Å². The summed E-state index contributed by atoms with van der Waals surface area (Å²) in [5.41, 5.74) is 3.36. The summed E-state index contributed by atoms with van der Waals surface area (Å²) in [6.45, 7) is 3.99. The number of aromatic nitrogens is 4. The molecule has 1 aromatic carbocycles. The molecule has 1 aliphatic heterocycles. The number of hydrogen-bond donors (Lipinski definition) is 2. The Morgan fingerprint density at radius 3 is 2.86 bits per heavy atom. The van der Waals surface area contributed by atoms with Crippen molar-refractivity contribution < 1.29 is 0 Å². The molecule has 0 aliphatic carbocycles. The van der Waals surface area contributed by atoms with Crippen molar-refractivity contribution in [2.24, 2.45) is 0 Å². The molecule has 5 nitrogen and oxygen atoms in total. The molecule has 0 saturated heterocycles. The van der Waals surface area contributed by atoms with Crippen LogP contribution < -0.4 is 5.32 Å². The molecule has 5 heteroatoms. The van der Waals surface area contributed by atoms with Crippen molar-refractivity contribution in [3.8, 4) is 22.6 Å². The summed E-state index contributed by atoms with van der Waals surface area (Å²) >= 11 is 0. The Morgan fingerprint density at radius 1 is 1.14 bits per heavy atom. The molecule has 4 rings (SSSR count). The summed E-state index contributed by atoms with van der Waals surface area (Å²) in [5.74, 6) is 1.95. The lowest BCUT2D eigenvalue weighted by molar-refractivity contribution is 0.439. The van der Waals surface area contributed by atoms with Gasteiger partial charge < -0.3 is 14.9 Å². The number of H-pyrrole nitrogens is 1. The monoisotopic (exact) mass is 279 g/mol. The molecule has 2 aromatic heterocycles. The maximum Gasteiger partial charge on any atom is 0.165 e. The molecule has 3 aromatic rings. The first-order valence-corrected chi connectivity index (χ1v) is 7.23. The third kappa shape index (κ3) is 2.06. The first-order valence-electron chi connectivity index (χ1n) is 7.23. The van der Waals surface area contributed by atoms with Crippen LogP contribution in [0.25, 0.3) is 22.6 Å². The van der Waals surface area contributed by atoms with Gasteiger partial charge in [-0.2, -0.15) is 0 Å². The van der Waals surface area contributed by atoms with Crippen molar-refractivity contribution in [3.05, 3.63) is 48.4 Å². The van der Waals surface area contributed by atoms with Gasteiger partial charge in [-0.15, -0.1) is 10.2 Å². The SMILES string of the molecule is CC1NCCn2c(-c3c[nH]c(-c4ccccc4)c3)nnc21. The van der Waals surface area contributed by atoms with Gasteiger partial charge in [0.1, 0.15) is 5.82 Å². The summed E-state index contributed by atoms with van der Waals surface area (Å²) in [6.07, 6.45) is 2.01. The van der Waals surface area contributed by atoms with E-state index in [0.717, 1.165) is 36.0 Å². The topological polar surface area (TPSA) is 58.5 Å². The number of benzene rings is 1.